The molecule has 43 heavy (non-hydrogen) atoms. The number of benzene rings is 4. The van der Waals surface area contributed by atoms with Crippen molar-refractivity contribution in [2.45, 2.75) is 26.2 Å². The van der Waals surface area contributed by atoms with E-state index in [-0.39, 0.29) is 32.2 Å². The molecule has 214 valence electrons. The predicted octanol–water partition coefficient (Wildman–Crippen LogP) is 8.77. The molecule has 3 heterocycles. The first kappa shape index (κ1) is 28.5. The van der Waals surface area contributed by atoms with Crippen LogP contribution in [0.5, 0.6) is 5.75 Å². The Morgan fingerprint density at radius 3 is 2.19 bits per heavy atom. The summed E-state index contributed by atoms with van der Waals surface area (Å²) in [6.07, 6.45) is 3.60. The van der Waals surface area contributed by atoms with Crippen LogP contribution in [-0.4, -0.2) is 24.6 Å². The Morgan fingerprint density at radius 1 is 0.651 bits per heavy atom. The molecule has 0 radical (unpaired) electrons. The van der Waals surface area contributed by atoms with Gasteiger partial charge < -0.3 is 9.67 Å². The maximum Gasteiger partial charge on any atom is 0.123 e. The van der Waals surface area contributed by atoms with Gasteiger partial charge in [-0.2, -0.15) is 0 Å². The summed E-state index contributed by atoms with van der Waals surface area (Å²) < 4.78 is 2.18. The molecule has 0 atom stereocenters. The third-order valence-electron chi connectivity index (χ3n) is 7.69. The minimum Gasteiger partial charge on any atom is -0.507 e. The van der Waals surface area contributed by atoms with Crippen molar-refractivity contribution in [1.29, 1.82) is 0 Å². The van der Waals surface area contributed by atoms with E-state index in [0.717, 1.165) is 61.4 Å². The van der Waals surface area contributed by atoms with Crippen molar-refractivity contribution in [1.82, 2.24) is 19.5 Å². The van der Waals surface area contributed by atoms with E-state index in [1.54, 1.807) is 12.3 Å². The molecule has 6 heteroatoms. The summed E-state index contributed by atoms with van der Waals surface area (Å²) in [7, 11) is 0. The van der Waals surface area contributed by atoms with Crippen molar-refractivity contribution >= 4 is 22.1 Å². The number of imidazole rings is 1. The van der Waals surface area contributed by atoms with Crippen molar-refractivity contribution in [2.24, 2.45) is 0 Å². The van der Waals surface area contributed by atoms with Gasteiger partial charge in [-0.25, -0.2) is 0 Å². The fourth-order valence-electron chi connectivity index (χ4n) is 5.52. The Labute approximate surface area is 265 Å². The molecule has 0 aliphatic heterocycles. The van der Waals surface area contributed by atoms with E-state index in [4.69, 9.17) is 4.98 Å². The third-order valence-corrected chi connectivity index (χ3v) is 7.69. The second-order valence-electron chi connectivity index (χ2n) is 11.5. The van der Waals surface area contributed by atoms with Gasteiger partial charge in [-0.15, -0.1) is 29.8 Å². The number of hydrogen-bond donors (Lipinski definition) is 1. The van der Waals surface area contributed by atoms with Crippen LogP contribution in [-0.2, 0) is 26.5 Å². The van der Waals surface area contributed by atoms with E-state index in [1.165, 1.54) is 5.56 Å². The van der Waals surface area contributed by atoms with Gasteiger partial charge in [0, 0.05) is 50.3 Å². The second kappa shape index (κ2) is 11.2. The average Bonchev–Trinajstić information content (AvgIpc) is 3.41. The Morgan fingerprint density at radius 2 is 1.40 bits per heavy atom. The van der Waals surface area contributed by atoms with Crippen molar-refractivity contribution in [3.63, 3.8) is 0 Å². The summed E-state index contributed by atoms with van der Waals surface area (Å²) in [6, 6.07) is 37.8. The Bertz CT molecular complexity index is 2090. The molecule has 1 N–H and O–H groups in total. The first-order valence-electron chi connectivity index (χ1n) is 14.0. The number of para-hydroxylation sites is 2. The van der Waals surface area contributed by atoms with Crippen molar-refractivity contribution in [2.75, 3.05) is 0 Å². The summed E-state index contributed by atoms with van der Waals surface area (Å²) >= 11 is 0. The quantitative estimate of drug-likeness (QED) is 0.184. The first-order valence-corrected chi connectivity index (χ1v) is 14.0. The summed E-state index contributed by atoms with van der Waals surface area (Å²) in [5, 5.41) is 10.7. The number of phenolic OH excluding ortho intramolecular Hbond substituents is 1. The smallest absolute Gasteiger partial charge is 0.123 e. The molecule has 4 aromatic carbocycles. The van der Waals surface area contributed by atoms with E-state index in [9.17, 15) is 5.11 Å². The van der Waals surface area contributed by atoms with E-state index >= 15 is 0 Å². The molecule has 0 spiro atoms. The van der Waals surface area contributed by atoms with Gasteiger partial charge in [0.25, 0.3) is 0 Å². The fourth-order valence-corrected chi connectivity index (χ4v) is 5.52. The van der Waals surface area contributed by atoms with Gasteiger partial charge in [0.2, 0.25) is 0 Å². The standard InChI is InChI=1S/C37H29N4O.Pt/c1-37(2,3)26-16-18-27(19-17-26)41-32-14-7-12-30(29-11-4-5-15-33(29)42)35(32)40-36(41)25-10-6-9-24(23-25)28-20-22-38-31-13-8-21-39-34(28)31;/h4-22,42H,1-3H3;/q-1;. The van der Waals surface area contributed by atoms with Crippen LogP contribution in [0.3, 0.4) is 0 Å². The predicted molar refractivity (Wildman–Crippen MR) is 170 cm³/mol. The van der Waals surface area contributed by atoms with Crippen LogP contribution in [0.25, 0.3) is 61.4 Å². The average molecular weight is 741 g/mol. The number of hydrogen-bond acceptors (Lipinski definition) is 4. The van der Waals surface area contributed by atoms with Crippen LogP contribution < -0.4 is 0 Å². The van der Waals surface area contributed by atoms with Gasteiger partial charge in [0.1, 0.15) is 5.75 Å². The number of nitrogens with zero attached hydrogens (tertiary/aromatic N) is 4. The van der Waals surface area contributed by atoms with Crippen LogP contribution in [0.15, 0.2) is 116 Å². The van der Waals surface area contributed by atoms with Gasteiger partial charge in [0.15, 0.2) is 0 Å². The maximum atomic E-state index is 10.7. The van der Waals surface area contributed by atoms with Crippen LogP contribution in [0.1, 0.15) is 26.3 Å². The Balaban J connectivity index is 0.00000329. The number of fused-ring (bicyclic) bond motifs is 2. The molecule has 0 bridgehead atoms. The van der Waals surface area contributed by atoms with Gasteiger partial charge in [-0.1, -0.05) is 80.4 Å². The molecule has 0 fully saturated rings. The largest absolute Gasteiger partial charge is 0.507 e. The summed E-state index contributed by atoms with van der Waals surface area (Å²) in [5.74, 6) is 0.991. The molecule has 0 saturated carbocycles. The second-order valence-corrected chi connectivity index (χ2v) is 11.5. The number of aromatic nitrogens is 4. The minimum atomic E-state index is 0. The van der Waals surface area contributed by atoms with Gasteiger partial charge in [-0.05, 0) is 47.4 Å². The molecule has 0 unspecified atom stereocenters. The first-order chi connectivity index (χ1) is 20.4. The van der Waals surface area contributed by atoms with Gasteiger partial charge in [-0.3, -0.25) is 15.0 Å². The van der Waals surface area contributed by atoms with Gasteiger partial charge >= 0.3 is 0 Å². The van der Waals surface area contributed by atoms with E-state index in [0.29, 0.717) is 0 Å². The molecule has 0 aliphatic rings. The van der Waals surface area contributed by atoms with Crippen molar-refractivity contribution in [3.8, 4) is 45.1 Å². The zero-order valence-electron chi connectivity index (χ0n) is 24.0. The molecule has 0 saturated heterocycles. The van der Waals surface area contributed by atoms with E-state index in [2.05, 4.69) is 71.7 Å². The SMILES string of the molecule is CC(C)(C)c1ccc(-n2c(-c3[c-]c(-c4ccnc5cccnc45)ccc3)nc3c(-c4ccccc4O)cccc32)cc1.[Pt]. The molecule has 0 amide bonds. The topological polar surface area (TPSA) is 63.8 Å². The zero-order chi connectivity index (χ0) is 28.8. The monoisotopic (exact) mass is 740 g/mol. The summed E-state index contributed by atoms with van der Waals surface area (Å²) in [4.78, 5) is 14.3. The van der Waals surface area contributed by atoms with Crippen LogP contribution >= 0.6 is 0 Å². The fraction of sp³-hybridized carbons (Fsp3) is 0.108. The van der Waals surface area contributed by atoms with Crippen molar-refractivity contribution in [3.05, 3.63) is 127 Å². The number of phenols is 1. The summed E-state index contributed by atoms with van der Waals surface area (Å²) in [5.41, 5.74) is 10.1. The molecule has 0 aliphatic carbocycles. The van der Waals surface area contributed by atoms with E-state index < -0.39 is 0 Å². The Kier molecular flexibility index (Phi) is 7.45. The molecular weight excluding hydrogens is 712 g/mol. The van der Waals surface area contributed by atoms with Crippen LogP contribution in [0.2, 0.25) is 0 Å². The summed E-state index contributed by atoms with van der Waals surface area (Å²) in [6.45, 7) is 6.66. The third kappa shape index (κ3) is 5.15. The molecule has 5 nitrogen and oxygen atoms in total. The normalized spacial score (nSPS) is 11.5. The number of aromatic hydroxyl groups is 1. The zero-order valence-corrected chi connectivity index (χ0v) is 26.3. The molecule has 7 rings (SSSR count). The molecule has 7 aromatic rings. The van der Waals surface area contributed by atoms with Crippen LogP contribution in [0.4, 0.5) is 0 Å². The Hall–Kier alpha value is -4.60. The van der Waals surface area contributed by atoms with Crippen molar-refractivity contribution < 1.29 is 26.2 Å². The minimum absolute atomic E-state index is 0. The maximum absolute atomic E-state index is 10.7. The van der Waals surface area contributed by atoms with Crippen LogP contribution in [0, 0.1) is 6.07 Å². The number of rotatable bonds is 4. The molecular formula is C37H29N4OPt-. The van der Waals surface area contributed by atoms with Gasteiger partial charge in [0.05, 0.1) is 27.9 Å². The molecule has 3 aromatic heterocycles. The van der Waals surface area contributed by atoms with E-state index in [1.807, 2.05) is 72.9 Å². The number of pyridine rings is 2.